The second-order valence-electron chi connectivity index (χ2n) is 4.94. The Morgan fingerprint density at radius 3 is 2.29 bits per heavy atom. The first-order chi connectivity index (χ1) is 9.83. The quantitative estimate of drug-likeness (QED) is 0.891. The fraction of sp³-hybridized carbons (Fsp3) is 0.200. The minimum absolute atomic E-state index is 0.176. The van der Waals surface area contributed by atoms with Gasteiger partial charge in [-0.25, -0.2) is 17.9 Å². The Morgan fingerprint density at radius 1 is 1.10 bits per heavy atom. The zero-order valence-corrected chi connectivity index (χ0v) is 12.5. The number of nitrogens with one attached hydrogen (secondary N) is 1. The number of aryl methyl sites for hydroxylation is 1. The van der Waals surface area contributed by atoms with E-state index in [0.717, 1.165) is 11.3 Å². The van der Waals surface area contributed by atoms with Crippen molar-refractivity contribution in [2.24, 2.45) is 5.14 Å². The molecule has 6 heteroatoms. The van der Waals surface area contributed by atoms with E-state index in [4.69, 9.17) is 5.14 Å². The number of hydrogen-bond acceptors (Lipinski definition) is 3. The van der Waals surface area contributed by atoms with Crippen LogP contribution in [0.5, 0.6) is 0 Å². The van der Waals surface area contributed by atoms with Gasteiger partial charge in [-0.05, 0) is 41.8 Å². The molecule has 0 aliphatic heterocycles. The first kappa shape index (κ1) is 15.5. The molecule has 2 aromatic rings. The van der Waals surface area contributed by atoms with Gasteiger partial charge in [-0.3, -0.25) is 0 Å². The first-order valence-electron chi connectivity index (χ1n) is 6.42. The van der Waals surface area contributed by atoms with Crippen LogP contribution in [0.2, 0.25) is 0 Å². The molecule has 0 unspecified atom stereocenters. The molecule has 0 aliphatic rings. The minimum atomic E-state index is -3.51. The number of anilines is 1. The molecule has 2 aromatic carbocycles. The van der Waals surface area contributed by atoms with Crippen molar-refractivity contribution in [2.45, 2.75) is 19.2 Å². The number of benzene rings is 2. The van der Waals surface area contributed by atoms with Crippen molar-refractivity contribution < 1.29 is 12.8 Å². The van der Waals surface area contributed by atoms with Crippen molar-refractivity contribution in [2.75, 3.05) is 5.32 Å². The van der Waals surface area contributed by atoms with Crippen molar-refractivity contribution in [1.29, 1.82) is 0 Å². The highest BCUT2D eigenvalue weighted by Gasteiger charge is 2.04. The SMILES string of the molecule is Cc1cc(CNc2ccc(CS(N)(=O)=O)cc2)ccc1F. The van der Waals surface area contributed by atoms with Crippen LogP contribution in [0, 0.1) is 12.7 Å². The summed E-state index contributed by atoms with van der Waals surface area (Å²) in [6, 6.07) is 12.0. The van der Waals surface area contributed by atoms with Gasteiger partial charge < -0.3 is 5.32 Å². The summed E-state index contributed by atoms with van der Waals surface area (Å²) in [6.07, 6.45) is 0. The van der Waals surface area contributed by atoms with Crippen LogP contribution in [0.4, 0.5) is 10.1 Å². The number of primary sulfonamides is 1. The second kappa shape index (κ2) is 6.24. The molecular weight excluding hydrogens is 291 g/mol. The molecule has 0 aliphatic carbocycles. The number of hydrogen-bond donors (Lipinski definition) is 2. The lowest BCUT2D eigenvalue weighted by Gasteiger charge is -2.08. The normalized spacial score (nSPS) is 11.4. The molecule has 0 radical (unpaired) electrons. The lowest BCUT2D eigenvalue weighted by Crippen LogP contribution is -2.14. The van der Waals surface area contributed by atoms with Gasteiger partial charge in [0.05, 0.1) is 5.75 Å². The maximum atomic E-state index is 13.2. The monoisotopic (exact) mass is 308 g/mol. The van der Waals surface area contributed by atoms with Crippen molar-refractivity contribution in [3.05, 3.63) is 65.0 Å². The summed E-state index contributed by atoms with van der Waals surface area (Å²) in [5.41, 5.74) is 3.08. The van der Waals surface area contributed by atoms with Crippen molar-refractivity contribution in [3.8, 4) is 0 Å². The largest absolute Gasteiger partial charge is 0.381 e. The topological polar surface area (TPSA) is 72.2 Å². The Hall–Kier alpha value is -1.92. The molecule has 112 valence electrons. The maximum Gasteiger partial charge on any atom is 0.213 e. The molecule has 0 aromatic heterocycles. The van der Waals surface area contributed by atoms with E-state index in [1.807, 2.05) is 0 Å². The average molecular weight is 308 g/mol. The highest BCUT2D eigenvalue weighted by molar-refractivity contribution is 7.88. The molecule has 0 heterocycles. The Balaban J connectivity index is 1.99. The van der Waals surface area contributed by atoms with Gasteiger partial charge in [0.25, 0.3) is 0 Å². The highest BCUT2D eigenvalue weighted by Crippen LogP contribution is 2.14. The van der Waals surface area contributed by atoms with Gasteiger partial charge in [0.1, 0.15) is 5.82 Å². The van der Waals surface area contributed by atoms with Crippen LogP contribution in [0.3, 0.4) is 0 Å². The van der Waals surface area contributed by atoms with Crippen LogP contribution in [0.1, 0.15) is 16.7 Å². The number of halogens is 1. The number of rotatable bonds is 5. The molecule has 3 N–H and O–H groups in total. The Bertz CT molecular complexity index is 728. The fourth-order valence-electron chi connectivity index (χ4n) is 1.97. The minimum Gasteiger partial charge on any atom is -0.381 e. The summed E-state index contributed by atoms with van der Waals surface area (Å²) in [5.74, 6) is -0.393. The summed E-state index contributed by atoms with van der Waals surface area (Å²) >= 11 is 0. The average Bonchev–Trinajstić information content (AvgIpc) is 2.40. The zero-order valence-electron chi connectivity index (χ0n) is 11.6. The van der Waals surface area contributed by atoms with E-state index in [1.54, 1.807) is 43.3 Å². The van der Waals surface area contributed by atoms with E-state index in [2.05, 4.69) is 5.32 Å². The molecule has 0 saturated carbocycles. The summed E-state index contributed by atoms with van der Waals surface area (Å²) in [4.78, 5) is 0. The Kier molecular flexibility index (Phi) is 4.59. The Labute approximate surface area is 123 Å². The molecule has 0 amide bonds. The van der Waals surface area contributed by atoms with Gasteiger partial charge >= 0.3 is 0 Å². The maximum absolute atomic E-state index is 13.2. The van der Waals surface area contributed by atoms with Crippen LogP contribution in [-0.4, -0.2) is 8.42 Å². The van der Waals surface area contributed by atoms with Crippen LogP contribution in [0.25, 0.3) is 0 Å². The van der Waals surface area contributed by atoms with E-state index in [-0.39, 0.29) is 11.6 Å². The second-order valence-corrected chi connectivity index (χ2v) is 6.56. The van der Waals surface area contributed by atoms with Gasteiger partial charge in [0, 0.05) is 12.2 Å². The molecule has 21 heavy (non-hydrogen) atoms. The first-order valence-corrected chi connectivity index (χ1v) is 8.13. The summed E-state index contributed by atoms with van der Waals surface area (Å²) < 4.78 is 35.1. The van der Waals surface area contributed by atoms with E-state index in [9.17, 15) is 12.8 Å². The van der Waals surface area contributed by atoms with Crippen LogP contribution < -0.4 is 10.5 Å². The lowest BCUT2D eigenvalue weighted by molar-refractivity contribution is 0.597. The number of nitrogens with two attached hydrogens (primary N) is 1. The molecule has 0 fully saturated rings. The third kappa shape index (κ3) is 4.84. The number of sulfonamides is 1. The zero-order chi connectivity index (χ0) is 15.5. The predicted molar refractivity (Wildman–Crippen MR) is 81.7 cm³/mol. The molecule has 0 bridgehead atoms. The molecule has 0 atom stereocenters. The highest BCUT2D eigenvalue weighted by atomic mass is 32.2. The molecular formula is C15H17FN2O2S. The smallest absolute Gasteiger partial charge is 0.213 e. The van der Waals surface area contributed by atoms with E-state index in [0.29, 0.717) is 17.7 Å². The van der Waals surface area contributed by atoms with E-state index in [1.165, 1.54) is 6.07 Å². The lowest BCUT2D eigenvalue weighted by atomic mass is 10.1. The molecule has 0 spiro atoms. The van der Waals surface area contributed by atoms with Gasteiger partial charge in [-0.2, -0.15) is 0 Å². The predicted octanol–water partition coefficient (Wildman–Crippen LogP) is 2.53. The summed E-state index contributed by atoms with van der Waals surface area (Å²) in [5, 5.41) is 8.19. The van der Waals surface area contributed by atoms with Crippen molar-refractivity contribution >= 4 is 15.7 Å². The van der Waals surface area contributed by atoms with E-state index >= 15 is 0 Å². The Morgan fingerprint density at radius 2 is 1.71 bits per heavy atom. The van der Waals surface area contributed by atoms with Gasteiger partial charge in [0.15, 0.2) is 0 Å². The molecule has 2 rings (SSSR count). The van der Waals surface area contributed by atoms with Gasteiger partial charge in [-0.15, -0.1) is 0 Å². The van der Waals surface area contributed by atoms with Crippen molar-refractivity contribution in [1.82, 2.24) is 0 Å². The van der Waals surface area contributed by atoms with Crippen molar-refractivity contribution in [3.63, 3.8) is 0 Å². The van der Waals surface area contributed by atoms with Gasteiger partial charge in [-0.1, -0.05) is 24.3 Å². The molecule has 0 saturated heterocycles. The van der Waals surface area contributed by atoms with Crippen LogP contribution >= 0.6 is 0 Å². The summed E-state index contributed by atoms with van der Waals surface area (Å²) in [6.45, 7) is 2.29. The third-order valence-electron chi connectivity index (χ3n) is 3.04. The van der Waals surface area contributed by atoms with Crippen LogP contribution in [0.15, 0.2) is 42.5 Å². The van der Waals surface area contributed by atoms with Crippen LogP contribution in [-0.2, 0) is 22.3 Å². The van der Waals surface area contributed by atoms with E-state index < -0.39 is 10.0 Å². The summed E-state index contributed by atoms with van der Waals surface area (Å²) in [7, 11) is -3.51. The van der Waals surface area contributed by atoms with Gasteiger partial charge in [0.2, 0.25) is 10.0 Å². The fourth-order valence-corrected chi connectivity index (χ4v) is 2.63. The third-order valence-corrected chi connectivity index (χ3v) is 3.78. The standard InChI is InChI=1S/C15H17FN2O2S/c1-11-8-13(4-7-15(11)16)9-18-14-5-2-12(3-6-14)10-21(17,19)20/h2-8,18H,9-10H2,1H3,(H2,17,19,20). The molecule has 4 nitrogen and oxygen atoms in total.